The number of methoxy groups -OCH3 is 1. The van der Waals surface area contributed by atoms with Gasteiger partial charge in [-0.3, -0.25) is 9.69 Å². The largest absolute Gasteiger partial charge is 0.497 e. The van der Waals surface area contributed by atoms with Crippen LogP contribution in [0.1, 0.15) is 30.4 Å². The average molecular weight is 511 g/mol. The van der Waals surface area contributed by atoms with Crippen LogP contribution in [0.2, 0.25) is 0 Å². The van der Waals surface area contributed by atoms with Crippen LogP contribution >= 0.6 is 0 Å². The Bertz CT molecular complexity index is 918. The van der Waals surface area contributed by atoms with Gasteiger partial charge >= 0.3 is 0 Å². The molecule has 1 aromatic carbocycles. The Morgan fingerprint density at radius 1 is 0.943 bits per heavy atom. The number of aryl methyl sites for hydroxylation is 2. The Morgan fingerprint density at radius 3 is 2.09 bits per heavy atom. The molecule has 1 aromatic rings. The summed E-state index contributed by atoms with van der Waals surface area (Å²) in [6, 6.07) is 3.44. The Labute approximate surface area is 211 Å². The first kappa shape index (κ1) is 27.9. The van der Waals surface area contributed by atoms with E-state index in [0.29, 0.717) is 30.0 Å². The van der Waals surface area contributed by atoms with Gasteiger partial charge in [-0.15, -0.1) is 0 Å². The standard InChI is InChI=1S/C25H42N4O5S/c1-21-18-23(33-4)19-22(2)25(21)35(31,32)26(3)16-17-34-20-24(30)29-14-12-28(13-15-29)11-10-27-8-6-5-7-9-27/h18-19H,5-17,20H2,1-4H3. The summed E-state index contributed by atoms with van der Waals surface area (Å²) in [4.78, 5) is 19.7. The summed E-state index contributed by atoms with van der Waals surface area (Å²) in [7, 11) is -0.579. The Morgan fingerprint density at radius 2 is 1.51 bits per heavy atom. The molecule has 0 radical (unpaired) electrons. The molecule has 2 aliphatic heterocycles. The first-order valence-electron chi connectivity index (χ1n) is 12.6. The van der Waals surface area contributed by atoms with Crippen molar-refractivity contribution in [3.63, 3.8) is 0 Å². The molecule has 0 N–H and O–H groups in total. The van der Waals surface area contributed by atoms with E-state index in [0.717, 1.165) is 26.2 Å². The molecule has 2 heterocycles. The molecule has 2 saturated heterocycles. The zero-order valence-corrected chi connectivity index (χ0v) is 22.6. The molecule has 0 saturated carbocycles. The minimum Gasteiger partial charge on any atom is -0.497 e. The van der Waals surface area contributed by atoms with Gasteiger partial charge in [0.2, 0.25) is 15.9 Å². The molecule has 3 rings (SSSR count). The van der Waals surface area contributed by atoms with Crippen molar-refractivity contribution in [2.75, 3.05) is 86.3 Å². The molecule has 0 aliphatic carbocycles. The van der Waals surface area contributed by atoms with Gasteiger partial charge < -0.3 is 19.3 Å². The number of piperidine rings is 1. The first-order chi connectivity index (χ1) is 16.7. The lowest BCUT2D eigenvalue weighted by Gasteiger charge is -2.36. The second kappa shape index (κ2) is 13.0. The molecular weight excluding hydrogens is 468 g/mol. The topological polar surface area (TPSA) is 82.6 Å². The molecule has 0 bridgehead atoms. The first-order valence-corrected chi connectivity index (χ1v) is 14.1. The van der Waals surface area contributed by atoms with E-state index in [9.17, 15) is 13.2 Å². The van der Waals surface area contributed by atoms with Crippen LogP contribution in [0.25, 0.3) is 0 Å². The fourth-order valence-corrected chi connectivity index (χ4v) is 6.40. The summed E-state index contributed by atoms with van der Waals surface area (Å²) in [6.07, 6.45) is 3.98. The second-order valence-electron chi connectivity index (χ2n) is 9.59. The van der Waals surface area contributed by atoms with Crippen molar-refractivity contribution in [3.8, 4) is 5.75 Å². The predicted octanol–water partition coefficient (Wildman–Crippen LogP) is 1.58. The number of carbonyl (C=O) groups is 1. The van der Waals surface area contributed by atoms with Gasteiger partial charge in [0.1, 0.15) is 12.4 Å². The van der Waals surface area contributed by atoms with Gasteiger partial charge in [0.05, 0.1) is 18.6 Å². The third-order valence-corrected chi connectivity index (χ3v) is 9.18. The van der Waals surface area contributed by atoms with E-state index in [1.807, 2.05) is 4.90 Å². The lowest BCUT2D eigenvalue weighted by Crippen LogP contribution is -2.51. The van der Waals surface area contributed by atoms with Gasteiger partial charge in [-0.25, -0.2) is 8.42 Å². The highest BCUT2D eigenvalue weighted by Crippen LogP contribution is 2.27. The van der Waals surface area contributed by atoms with E-state index in [2.05, 4.69) is 9.80 Å². The highest BCUT2D eigenvalue weighted by atomic mass is 32.2. The number of carbonyl (C=O) groups excluding carboxylic acids is 1. The van der Waals surface area contributed by atoms with Crippen LogP contribution in [0.15, 0.2) is 17.0 Å². The fourth-order valence-electron chi connectivity index (χ4n) is 4.84. The zero-order chi connectivity index (χ0) is 25.4. The van der Waals surface area contributed by atoms with E-state index in [1.165, 1.54) is 43.7 Å². The summed E-state index contributed by atoms with van der Waals surface area (Å²) in [5.74, 6) is 0.597. The summed E-state index contributed by atoms with van der Waals surface area (Å²) in [5, 5.41) is 0. The molecule has 0 unspecified atom stereocenters. The van der Waals surface area contributed by atoms with Crippen LogP contribution in [-0.4, -0.2) is 120 Å². The maximum Gasteiger partial charge on any atom is 0.248 e. The van der Waals surface area contributed by atoms with Gasteiger partial charge in [0.25, 0.3) is 0 Å². The van der Waals surface area contributed by atoms with Crippen LogP contribution in [0, 0.1) is 13.8 Å². The van der Waals surface area contributed by atoms with E-state index in [-0.39, 0.29) is 30.6 Å². The number of benzene rings is 1. The number of ether oxygens (including phenoxy) is 2. The van der Waals surface area contributed by atoms with Crippen LogP contribution in [0.4, 0.5) is 0 Å². The zero-order valence-electron chi connectivity index (χ0n) is 21.8. The predicted molar refractivity (Wildman–Crippen MR) is 136 cm³/mol. The maximum atomic E-state index is 13.1. The lowest BCUT2D eigenvalue weighted by atomic mass is 10.1. The van der Waals surface area contributed by atoms with Crippen LogP contribution in [-0.2, 0) is 19.6 Å². The van der Waals surface area contributed by atoms with Crippen molar-refractivity contribution >= 4 is 15.9 Å². The summed E-state index contributed by atoms with van der Waals surface area (Å²) in [6.45, 7) is 11.6. The number of nitrogens with zero attached hydrogens (tertiary/aromatic N) is 4. The number of hydrogen-bond acceptors (Lipinski definition) is 7. The number of hydrogen-bond donors (Lipinski definition) is 0. The number of sulfonamides is 1. The molecule has 0 atom stereocenters. The smallest absolute Gasteiger partial charge is 0.248 e. The average Bonchev–Trinajstić information content (AvgIpc) is 2.85. The number of piperazine rings is 1. The van der Waals surface area contributed by atoms with Gasteiger partial charge in [0, 0.05) is 52.9 Å². The number of rotatable bonds is 11. The summed E-state index contributed by atoms with van der Waals surface area (Å²) >= 11 is 0. The minimum absolute atomic E-state index is 0.0255. The summed E-state index contributed by atoms with van der Waals surface area (Å²) < 4.78 is 38.2. The van der Waals surface area contributed by atoms with Crippen LogP contribution < -0.4 is 4.74 Å². The molecule has 198 valence electrons. The van der Waals surface area contributed by atoms with E-state index in [4.69, 9.17) is 9.47 Å². The molecule has 35 heavy (non-hydrogen) atoms. The Kier molecular flexibility index (Phi) is 10.4. The van der Waals surface area contributed by atoms with Crippen molar-refractivity contribution in [1.29, 1.82) is 0 Å². The molecule has 2 fully saturated rings. The molecule has 1 amide bonds. The second-order valence-corrected chi connectivity index (χ2v) is 11.6. The normalized spacial score (nSPS) is 18.3. The van der Waals surface area contributed by atoms with Gasteiger partial charge in [0.15, 0.2) is 0 Å². The number of likely N-dealkylation sites (N-methyl/N-ethyl adjacent to an activating group) is 1. The van der Waals surface area contributed by atoms with Crippen LogP contribution in [0.3, 0.4) is 0 Å². The van der Waals surface area contributed by atoms with Gasteiger partial charge in [-0.1, -0.05) is 6.42 Å². The summed E-state index contributed by atoms with van der Waals surface area (Å²) in [5.41, 5.74) is 1.28. The minimum atomic E-state index is -3.67. The SMILES string of the molecule is COc1cc(C)c(S(=O)(=O)N(C)CCOCC(=O)N2CCN(CCN3CCCCC3)CC2)c(C)c1. The third kappa shape index (κ3) is 7.63. The number of likely N-dealkylation sites (tertiary alicyclic amines) is 1. The van der Waals surface area contributed by atoms with Crippen LogP contribution in [0.5, 0.6) is 5.75 Å². The maximum absolute atomic E-state index is 13.1. The van der Waals surface area contributed by atoms with Gasteiger partial charge in [-0.05, 0) is 63.0 Å². The fraction of sp³-hybridized carbons (Fsp3) is 0.720. The van der Waals surface area contributed by atoms with Crippen molar-refractivity contribution in [3.05, 3.63) is 23.3 Å². The van der Waals surface area contributed by atoms with Crippen molar-refractivity contribution in [2.45, 2.75) is 38.0 Å². The highest BCUT2D eigenvalue weighted by Gasteiger charge is 2.26. The van der Waals surface area contributed by atoms with E-state index >= 15 is 0 Å². The Hall–Kier alpha value is -1.72. The lowest BCUT2D eigenvalue weighted by molar-refractivity contribution is -0.137. The Balaban J connectivity index is 1.37. The molecular formula is C25H42N4O5S. The third-order valence-electron chi connectivity index (χ3n) is 7.02. The molecule has 0 aromatic heterocycles. The molecule has 2 aliphatic rings. The van der Waals surface area contributed by atoms with Crippen molar-refractivity contribution in [1.82, 2.24) is 19.0 Å². The molecule has 10 heteroatoms. The highest BCUT2D eigenvalue weighted by molar-refractivity contribution is 7.89. The monoisotopic (exact) mass is 510 g/mol. The molecule has 0 spiro atoms. The van der Waals surface area contributed by atoms with Crippen molar-refractivity contribution < 1.29 is 22.7 Å². The molecule has 9 nitrogen and oxygen atoms in total. The van der Waals surface area contributed by atoms with Gasteiger partial charge in [-0.2, -0.15) is 4.31 Å². The quantitative estimate of drug-likeness (QED) is 0.418. The van der Waals surface area contributed by atoms with E-state index in [1.54, 1.807) is 33.1 Å². The van der Waals surface area contributed by atoms with E-state index < -0.39 is 10.0 Å². The number of amides is 1. The van der Waals surface area contributed by atoms with Crippen molar-refractivity contribution in [2.24, 2.45) is 0 Å².